The van der Waals surface area contributed by atoms with Gasteiger partial charge in [-0.05, 0) is 12.5 Å². The third-order valence-electron chi connectivity index (χ3n) is 2.39. The summed E-state index contributed by atoms with van der Waals surface area (Å²) in [6, 6.07) is 4.43. The Bertz CT molecular complexity index is 449. The number of nitro groups is 1. The van der Waals surface area contributed by atoms with Gasteiger partial charge in [0.25, 0.3) is 5.69 Å². The number of nitro benzene ring substituents is 1. The molecule has 18 heavy (non-hydrogen) atoms. The van der Waals surface area contributed by atoms with Crippen LogP contribution in [0.2, 0.25) is 0 Å². The van der Waals surface area contributed by atoms with Crippen molar-refractivity contribution in [2.45, 2.75) is 19.1 Å². The quantitative estimate of drug-likeness (QED) is 0.429. The monoisotopic (exact) mass is 255 g/mol. The molecular weight excluding hydrogens is 240 g/mol. The van der Waals surface area contributed by atoms with Crippen LogP contribution in [0.3, 0.4) is 0 Å². The molecule has 0 radical (unpaired) electrons. The van der Waals surface area contributed by atoms with Crippen molar-refractivity contribution in [1.29, 1.82) is 0 Å². The molecule has 0 aliphatic heterocycles. The van der Waals surface area contributed by atoms with Crippen LogP contribution in [-0.2, 0) is 9.53 Å². The van der Waals surface area contributed by atoms with E-state index < -0.39 is 23.0 Å². The van der Waals surface area contributed by atoms with Gasteiger partial charge in [0.2, 0.25) is 6.04 Å². The van der Waals surface area contributed by atoms with Gasteiger partial charge in [0.15, 0.2) is 0 Å². The van der Waals surface area contributed by atoms with Gasteiger partial charge in [-0.1, -0.05) is 12.1 Å². The summed E-state index contributed by atoms with van der Waals surface area (Å²) in [5, 5.41) is 20.5. The first-order chi connectivity index (χ1) is 8.47. The molecule has 1 rings (SSSR count). The van der Waals surface area contributed by atoms with Gasteiger partial charge >= 0.3 is 5.97 Å². The van der Waals surface area contributed by atoms with E-state index in [2.05, 4.69) is 5.73 Å². The van der Waals surface area contributed by atoms with Crippen molar-refractivity contribution in [3.05, 3.63) is 39.9 Å². The normalized spacial score (nSPS) is 13.7. The van der Waals surface area contributed by atoms with E-state index in [9.17, 15) is 20.0 Å². The summed E-state index contributed by atoms with van der Waals surface area (Å²) >= 11 is 0. The number of hydrogen-bond acceptors (Lipinski definition) is 5. The molecule has 7 heteroatoms. The number of benzene rings is 1. The number of nitrogens with zero attached hydrogens (tertiary/aromatic N) is 1. The molecule has 1 aromatic rings. The Morgan fingerprint density at radius 2 is 2.28 bits per heavy atom. The van der Waals surface area contributed by atoms with E-state index in [0.29, 0.717) is 0 Å². The van der Waals surface area contributed by atoms with E-state index in [1.807, 2.05) is 0 Å². The Morgan fingerprint density at radius 3 is 2.83 bits per heavy atom. The highest BCUT2D eigenvalue weighted by Crippen LogP contribution is 2.20. The van der Waals surface area contributed by atoms with Crippen LogP contribution in [-0.4, -0.2) is 28.6 Å². The minimum atomic E-state index is -1.23. The Morgan fingerprint density at radius 1 is 1.61 bits per heavy atom. The van der Waals surface area contributed by atoms with Crippen molar-refractivity contribution < 1.29 is 25.3 Å². The number of esters is 1. The second-order valence-electron chi connectivity index (χ2n) is 3.66. The lowest BCUT2D eigenvalue weighted by Crippen LogP contribution is -2.68. The molecule has 0 unspecified atom stereocenters. The summed E-state index contributed by atoms with van der Waals surface area (Å²) in [5.74, 6) is -0.642. The van der Waals surface area contributed by atoms with E-state index in [1.54, 1.807) is 6.92 Å². The molecule has 0 amide bonds. The maximum absolute atomic E-state index is 11.4. The van der Waals surface area contributed by atoms with Gasteiger partial charge in [-0.2, -0.15) is 0 Å². The largest absolute Gasteiger partial charge is 0.462 e. The fourth-order valence-electron chi connectivity index (χ4n) is 1.43. The van der Waals surface area contributed by atoms with Crippen molar-refractivity contribution in [3.8, 4) is 0 Å². The molecule has 0 aliphatic carbocycles. The Labute approximate surface area is 103 Å². The minimum Gasteiger partial charge on any atom is -0.462 e. The van der Waals surface area contributed by atoms with Crippen molar-refractivity contribution in [2.75, 3.05) is 6.61 Å². The fourth-order valence-corrected chi connectivity index (χ4v) is 1.43. The maximum Gasteiger partial charge on any atom is 0.367 e. The molecule has 0 aromatic heterocycles. The van der Waals surface area contributed by atoms with Gasteiger partial charge in [0.1, 0.15) is 6.10 Å². The zero-order valence-electron chi connectivity index (χ0n) is 9.91. The Balaban J connectivity index is 2.89. The van der Waals surface area contributed by atoms with Crippen LogP contribution < -0.4 is 5.73 Å². The zero-order chi connectivity index (χ0) is 13.7. The molecule has 0 saturated heterocycles. The fraction of sp³-hybridized carbons (Fsp3) is 0.364. The van der Waals surface area contributed by atoms with E-state index >= 15 is 0 Å². The zero-order valence-corrected chi connectivity index (χ0v) is 9.91. The summed E-state index contributed by atoms with van der Waals surface area (Å²) < 4.78 is 4.73. The van der Waals surface area contributed by atoms with Crippen molar-refractivity contribution in [1.82, 2.24) is 0 Å². The van der Waals surface area contributed by atoms with Gasteiger partial charge in [0, 0.05) is 12.1 Å². The minimum absolute atomic E-state index is 0.150. The molecule has 1 aromatic carbocycles. The molecule has 0 fully saturated rings. The molecule has 0 spiro atoms. The lowest BCUT2D eigenvalue weighted by Gasteiger charge is -2.14. The predicted molar refractivity (Wildman–Crippen MR) is 61.4 cm³/mol. The molecule has 4 N–H and O–H groups in total. The highest BCUT2D eigenvalue weighted by Gasteiger charge is 2.29. The maximum atomic E-state index is 11.4. The summed E-state index contributed by atoms with van der Waals surface area (Å²) in [4.78, 5) is 21.4. The van der Waals surface area contributed by atoms with E-state index in [0.717, 1.165) is 0 Å². The molecule has 2 atom stereocenters. The highest BCUT2D eigenvalue weighted by atomic mass is 16.6. The van der Waals surface area contributed by atoms with E-state index in [-0.39, 0.29) is 17.9 Å². The second kappa shape index (κ2) is 6.08. The summed E-state index contributed by atoms with van der Waals surface area (Å²) in [7, 11) is 0. The van der Waals surface area contributed by atoms with Crippen molar-refractivity contribution >= 4 is 11.7 Å². The first-order valence-electron chi connectivity index (χ1n) is 5.39. The van der Waals surface area contributed by atoms with Crippen LogP contribution in [0.25, 0.3) is 0 Å². The van der Waals surface area contributed by atoms with E-state index in [1.165, 1.54) is 24.3 Å². The number of rotatable bonds is 5. The topological polar surface area (TPSA) is 117 Å². The average molecular weight is 255 g/mol. The summed E-state index contributed by atoms with van der Waals surface area (Å²) in [6.07, 6.45) is -1.23. The Kier molecular flexibility index (Phi) is 4.75. The third-order valence-corrected chi connectivity index (χ3v) is 2.39. The van der Waals surface area contributed by atoms with Crippen molar-refractivity contribution in [2.24, 2.45) is 0 Å². The number of hydrogen-bond donors (Lipinski definition) is 2. The smallest absolute Gasteiger partial charge is 0.367 e. The molecule has 0 bridgehead atoms. The number of carbonyl (C=O) groups excluding carboxylic acids is 1. The standard InChI is InChI=1S/C11H14N2O5/c1-2-18-11(15)9(12)10(14)7-4-3-5-8(6-7)13(16)17/h3-6,9-10,14H,2,12H2,1H3/p+1/t9-,10-/m1/s1. The number of ether oxygens (including phenoxy) is 1. The molecule has 7 nitrogen and oxygen atoms in total. The summed E-state index contributed by atoms with van der Waals surface area (Å²) in [6.45, 7) is 1.83. The predicted octanol–water partition coefficient (Wildman–Crippen LogP) is -0.198. The lowest BCUT2D eigenvalue weighted by molar-refractivity contribution is -0.426. The van der Waals surface area contributed by atoms with Crippen LogP contribution in [0.1, 0.15) is 18.6 Å². The first kappa shape index (κ1) is 14.1. The lowest BCUT2D eigenvalue weighted by atomic mass is 10.0. The molecular formula is C11H15N2O5+. The van der Waals surface area contributed by atoms with Crippen LogP contribution >= 0.6 is 0 Å². The van der Waals surface area contributed by atoms with Gasteiger partial charge < -0.3 is 15.6 Å². The SMILES string of the molecule is CCOC(=O)[C@H]([NH3+])[C@H](O)c1cccc([N+](=O)[O-])c1. The van der Waals surface area contributed by atoms with Gasteiger partial charge in [-0.15, -0.1) is 0 Å². The number of non-ortho nitro benzene ring substituents is 1. The number of aliphatic hydroxyl groups excluding tert-OH is 1. The summed E-state index contributed by atoms with van der Waals surface area (Å²) in [5.41, 5.74) is 3.62. The second-order valence-corrected chi connectivity index (χ2v) is 3.66. The number of aliphatic hydroxyl groups is 1. The average Bonchev–Trinajstić information content (AvgIpc) is 2.37. The van der Waals surface area contributed by atoms with Crippen LogP contribution in [0, 0.1) is 10.1 Å². The highest BCUT2D eigenvalue weighted by molar-refractivity contribution is 5.75. The third kappa shape index (κ3) is 3.25. The number of quaternary nitrogens is 1. The van der Waals surface area contributed by atoms with Crippen LogP contribution in [0.4, 0.5) is 5.69 Å². The molecule has 0 saturated carbocycles. The molecule has 98 valence electrons. The van der Waals surface area contributed by atoms with Crippen LogP contribution in [0.5, 0.6) is 0 Å². The van der Waals surface area contributed by atoms with Gasteiger partial charge in [-0.3, -0.25) is 10.1 Å². The Hall–Kier alpha value is -1.99. The molecule has 0 aliphatic rings. The van der Waals surface area contributed by atoms with Gasteiger partial charge in [-0.25, -0.2) is 4.79 Å². The van der Waals surface area contributed by atoms with Crippen LogP contribution in [0.15, 0.2) is 24.3 Å². The van der Waals surface area contributed by atoms with Crippen molar-refractivity contribution in [3.63, 3.8) is 0 Å². The number of carbonyl (C=O) groups is 1. The first-order valence-corrected chi connectivity index (χ1v) is 5.39. The van der Waals surface area contributed by atoms with Gasteiger partial charge in [0.05, 0.1) is 11.5 Å². The van der Waals surface area contributed by atoms with E-state index in [4.69, 9.17) is 4.74 Å². The molecule has 0 heterocycles.